The second kappa shape index (κ2) is 14.2. The second-order valence-corrected chi connectivity index (χ2v) is 13.3. The normalized spacial score (nSPS) is 11.7. The molecule has 254 valence electrons. The number of nitro benzene ring substituents is 2. The Balaban J connectivity index is 1.66. The minimum atomic E-state index is -0.302. The summed E-state index contributed by atoms with van der Waals surface area (Å²) in [7, 11) is 0. The van der Waals surface area contributed by atoms with Crippen molar-refractivity contribution >= 4 is 55.0 Å². The lowest BCUT2D eigenvalue weighted by molar-refractivity contribution is -0.384. The van der Waals surface area contributed by atoms with E-state index < -0.39 is 0 Å². The summed E-state index contributed by atoms with van der Waals surface area (Å²) in [5, 5.41) is 29.1. The maximum Gasteiger partial charge on any atom is 0.304 e. The van der Waals surface area contributed by atoms with Crippen LogP contribution in [0.3, 0.4) is 0 Å². The van der Waals surface area contributed by atoms with Gasteiger partial charge in [0.2, 0.25) is 0 Å². The highest BCUT2D eigenvalue weighted by Gasteiger charge is 2.36. The lowest BCUT2D eigenvalue weighted by Crippen LogP contribution is -2.04. The zero-order valence-electron chi connectivity index (χ0n) is 28.7. The summed E-state index contributed by atoms with van der Waals surface area (Å²) in [5.74, 6) is 0. The third kappa shape index (κ3) is 5.78. The van der Waals surface area contributed by atoms with Gasteiger partial charge in [0.1, 0.15) is 11.0 Å². The number of hydrogen-bond acceptors (Lipinski definition) is 4. The first kappa shape index (κ1) is 33.0. The smallest absolute Gasteiger partial charge is 0.304 e. The first-order valence-corrected chi connectivity index (χ1v) is 17.9. The molecule has 0 fully saturated rings. The average molecular weight is 667 g/mol. The minimum absolute atomic E-state index is 0.0592. The van der Waals surface area contributed by atoms with E-state index in [1.807, 2.05) is 106 Å². The third-order valence-electron chi connectivity index (χ3n) is 10.1. The maximum absolute atomic E-state index is 13.5. The molecule has 0 bridgehead atoms. The number of nitrogens with zero attached hydrogens (tertiary/aromatic N) is 4. The number of fused-ring (bicyclic) bond motifs is 6. The monoisotopic (exact) mass is 666 g/mol. The van der Waals surface area contributed by atoms with Crippen molar-refractivity contribution in [2.45, 2.75) is 78.3 Å². The number of hydrogen-bond donors (Lipinski definition) is 0. The molecule has 0 radical (unpaired) electrons. The van der Waals surface area contributed by atoms with E-state index in [0.717, 1.165) is 84.7 Å². The number of aromatic nitrogens is 2. The van der Waals surface area contributed by atoms with Gasteiger partial charge < -0.3 is 9.13 Å². The molecule has 0 spiro atoms. The molecule has 0 N–H and O–H groups in total. The highest BCUT2D eigenvalue weighted by molar-refractivity contribution is 6.29. The molecule has 8 heteroatoms. The van der Waals surface area contributed by atoms with Gasteiger partial charge in [-0.25, -0.2) is 0 Å². The van der Waals surface area contributed by atoms with Gasteiger partial charge in [0.05, 0.1) is 20.6 Å². The number of non-ortho nitro benzene ring substituents is 2. The van der Waals surface area contributed by atoms with Gasteiger partial charge in [0.15, 0.2) is 0 Å². The van der Waals surface area contributed by atoms with Gasteiger partial charge in [-0.1, -0.05) is 125 Å². The molecule has 50 heavy (non-hydrogen) atoms. The molecule has 0 atom stereocenters. The van der Waals surface area contributed by atoms with Crippen LogP contribution in [0.25, 0.3) is 65.9 Å². The van der Waals surface area contributed by atoms with Crippen molar-refractivity contribution in [2.24, 2.45) is 0 Å². The van der Waals surface area contributed by atoms with Crippen LogP contribution in [-0.4, -0.2) is 19.0 Å². The number of unbranched alkanes of at least 4 members (excludes halogenated alkanes) is 6. The van der Waals surface area contributed by atoms with Crippen LogP contribution in [0.15, 0.2) is 97.1 Å². The van der Waals surface area contributed by atoms with Crippen LogP contribution in [0, 0.1) is 20.2 Å². The van der Waals surface area contributed by atoms with Gasteiger partial charge >= 0.3 is 11.4 Å². The molecule has 5 aromatic carbocycles. The van der Waals surface area contributed by atoms with Crippen molar-refractivity contribution in [1.82, 2.24) is 9.13 Å². The van der Waals surface area contributed by atoms with Crippen LogP contribution >= 0.6 is 0 Å². The van der Waals surface area contributed by atoms with Crippen molar-refractivity contribution in [3.05, 3.63) is 117 Å². The summed E-state index contributed by atoms with van der Waals surface area (Å²) < 4.78 is 3.98. The number of nitro groups is 2. The van der Waals surface area contributed by atoms with Crippen LogP contribution in [0.5, 0.6) is 0 Å². The fraction of sp³-hybridized carbons (Fsp3) is 0.286. The van der Waals surface area contributed by atoms with Crippen molar-refractivity contribution in [3.8, 4) is 22.3 Å². The Morgan fingerprint density at radius 1 is 0.500 bits per heavy atom. The fourth-order valence-electron chi connectivity index (χ4n) is 7.75. The Labute approximate surface area is 291 Å². The van der Waals surface area contributed by atoms with E-state index in [4.69, 9.17) is 0 Å². The zero-order chi connectivity index (χ0) is 34.8. The van der Waals surface area contributed by atoms with Crippen LogP contribution in [-0.2, 0) is 13.1 Å². The Morgan fingerprint density at radius 3 is 1.26 bits per heavy atom. The minimum Gasteiger partial charge on any atom is -0.335 e. The molecule has 2 aromatic heterocycles. The summed E-state index contributed by atoms with van der Waals surface area (Å²) in [6.45, 7) is 5.36. The van der Waals surface area contributed by atoms with Crippen LogP contribution in [0.4, 0.5) is 11.4 Å². The van der Waals surface area contributed by atoms with Crippen molar-refractivity contribution in [1.29, 1.82) is 0 Å². The lowest BCUT2D eigenvalue weighted by Gasteiger charge is -2.10. The largest absolute Gasteiger partial charge is 0.335 e. The molecular weight excluding hydrogens is 624 g/mol. The van der Waals surface area contributed by atoms with Crippen LogP contribution in [0.1, 0.15) is 65.2 Å². The Kier molecular flexibility index (Phi) is 9.35. The van der Waals surface area contributed by atoms with E-state index >= 15 is 0 Å². The number of rotatable bonds is 14. The first-order chi connectivity index (χ1) is 24.4. The molecule has 8 nitrogen and oxygen atoms in total. The van der Waals surface area contributed by atoms with Gasteiger partial charge in [-0.3, -0.25) is 20.2 Å². The Bertz CT molecular complexity index is 2190. The van der Waals surface area contributed by atoms with Gasteiger partial charge in [-0.05, 0) is 59.4 Å². The third-order valence-corrected chi connectivity index (χ3v) is 10.1. The second-order valence-electron chi connectivity index (χ2n) is 13.3. The van der Waals surface area contributed by atoms with E-state index in [-0.39, 0.29) is 21.2 Å². The van der Waals surface area contributed by atoms with Crippen molar-refractivity contribution in [3.63, 3.8) is 0 Å². The van der Waals surface area contributed by atoms with Gasteiger partial charge in [0.25, 0.3) is 0 Å². The van der Waals surface area contributed by atoms with Gasteiger partial charge in [-0.15, -0.1) is 0 Å². The number of benzene rings is 5. The predicted molar refractivity (Wildman–Crippen MR) is 205 cm³/mol. The highest BCUT2D eigenvalue weighted by Crippen LogP contribution is 2.51. The SMILES string of the molecule is CCCCCCn1c2ccc(-c3ccccc3)cc2c2c([N+](=O)[O-])c3c(c([N+](=O)[O-])c21)c1cc(-c2ccccc2)ccc1n3CCCCCC. The van der Waals surface area contributed by atoms with Gasteiger partial charge in [-0.2, -0.15) is 0 Å². The Hall–Kier alpha value is -5.50. The topological polar surface area (TPSA) is 96.1 Å². The molecule has 0 aliphatic rings. The molecule has 7 aromatic rings. The fourth-order valence-corrected chi connectivity index (χ4v) is 7.75. The van der Waals surface area contributed by atoms with Crippen LogP contribution in [0.2, 0.25) is 0 Å². The molecule has 0 amide bonds. The molecule has 0 unspecified atom stereocenters. The average Bonchev–Trinajstić information content (AvgIpc) is 3.63. The highest BCUT2D eigenvalue weighted by atomic mass is 16.6. The molecule has 0 aliphatic heterocycles. The lowest BCUT2D eigenvalue weighted by atomic mass is 9.99. The molecule has 7 rings (SSSR count). The molecular formula is C42H42N4O4. The zero-order valence-corrected chi connectivity index (χ0v) is 28.7. The van der Waals surface area contributed by atoms with E-state index in [1.165, 1.54) is 0 Å². The van der Waals surface area contributed by atoms with Crippen molar-refractivity contribution in [2.75, 3.05) is 0 Å². The van der Waals surface area contributed by atoms with E-state index in [0.29, 0.717) is 45.7 Å². The summed E-state index contributed by atoms with van der Waals surface area (Å²) in [6.07, 6.45) is 7.78. The quantitative estimate of drug-likeness (QED) is 0.0655. The first-order valence-electron chi connectivity index (χ1n) is 17.9. The summed E-state index contributed by atoms with van der Waals surface area (Å²) in [5.41, 5.74) is 5.89. The summed E-state index contributed by atoms with van der Waals surface area (Å²) >= 11 is 0. The van der Waals surface area contributed by atoms with Crippen molar-refractivity contribution < 1.29 is 9.85 Å². The molecule has 0 aliphatic carbocycles. The van der Waals surface area contributed by atoms with E-state index in [1.54, 1.807) is 0 Å². The summed E-state index contributed by atoms with van der Waals surface area (Å²) in [6, 6.07) is 31.8. The molecule has 0 saturated carbocycles. The molecule has 0 saturated heterocycles. The predicted octanol–water partition coefficient (Wildman–Crippen LogP) is 12.2. The van der Waals surface area contributed by atoms with E-state index in [2.05, 4.69) is 13.8 Å². The molecule has 2 heterocycles. The van der Waals surface area contributed by atoms with Gasteiger partial charge in [0, 0.05) is 34.9 Å². The standard InChI is InChI=1S/C42H42N4O4/c1-3-5-7-15-25-43-35-23-21-31(29-17-11-9-12-18-29)27-33(35)37-39(43)41(45(47)48)38-34-28-32(30-19-13-10-14-20-30)22-24-36(34)44(26-16-8-6-4-2)40(38)42(37)46(49)50/h9-14,17-24,27-28H,3-8,15-16,25-26H2,1-2H3. The van der Waals surface area contributed by atoms with E-state index in [9.17, 15) is 20.2 Å². The van der Waals surface area contributed by atoms with Crippen LogP contribution < -0.4 is 0 Å². The summed E-state index contributed by atoms with van der Waals surface area (Å²) in [4.78, 5) is 26.4. The Morgan fingerprint density at radius 2 is 0.900 bits per heavy atom. The number of aryl methyl sites for hydroxylation is 2. The maximum atomic E-state index is 13.5.